The fraction of sp³-hybridized carbons (Fsp3) is 0.600. The Morgan fingerprint density at radius 2 is 1.94 bits per heavy atom. The van der Waals surface area contributed by atoms with Gasteiger partial charge in [-0.1, -0.05) is 31.9 Å². The Hall–Kier alpha value is -0.670. The van der Waals surface area contributed by atoms with Crippen LogP contribution in [0.2, 0.25) is 0 Å². The summed E-state index contributed by atoms with van der Waals surface area (Å²) >= 11 is 1.87. The van der Waals surface area contributed by atoms with Gasteiger partial charge in [-0.05, 0) is 30.4 Å². The molecule has 0 saturated heterocycles. The summed E-state index contributed by atoms with van der Waals surface area (Å²) in [4.78, 5) is 0. The molecule has 0 aromatic heterocycles. The molecule has 18 heavy (non-hydrogen) atoms. The van der Waals surface area contributed by atoms with E-state index in [4.69, 9.17) is 4.74 Å². The van der Waals surface area contributed by atoms with Crippen LogP contribution < -0.4 is 10.1 Å². The second kappa shape index (κ2) is 10.3. The lowest BCUT2D eigenvalue weighted by atomic mass is 10.2. The van der Waals surface area contributed by atoms with Crippen LogP contribution in [-0.4, -0.2) is 25.2 Å². The number of ether oxygens (including phenoxy) is 1. The molecule has 1 aromatic carbocycles. The minimum absolute atomic E-state index is 0.832. The van der Waals surface area contributed by atoms with Crippen LogP contribution in [0.4, 0.5) is 0 Å². The molecule has 1 rings (SSSR count). The van der Waals surface area contributed by atoms with Crippen molar-refractivity contribution >= 4 is 11.8 Å². The molecule has 3 heteroatoms. The Bertz CT molecular complexity index is 269. The van der Waals surface area contributed by atoms with Crippen molar-refractivity contribution < 1.29 is 4.74 Å². The lowest BCUT2D eigenvalue weighted by Gasteiger charge is -2.07. The first-order chi connectivity index (χ1) is 8.86. The summed E-state index contributed by atoms with van der Waals surface area (Å²) < 4.78 is 5.68. The molecule has 0 spiro atoms. The number of thioether (sulfide) groups is 1. The first-order valence-electron chi connectivity index (χ1n) is 6.78. The van der Waals surface area contributed by atoms with E-state index in [1.165, 1.54) is 24.2 Å². The van der Waals surface area contributed by atoms with Crippen LogP contribution in [0.3, 0.4) is 0 Å². The van der Waals surface area contributed by atoms with Gasteiger partial charge in [0.05, 0.1) is 6.61 Å². The summed E-state index contributed by atoms with van der Waals surface area (Å²) in [6.45, 7) is 5.05. The maximum Gasteiger partial charge on any atom is 0.119 e. The summed E-state index contributed by atoms with van der Waals surface area (Å²) in [5, 5.41) is 3.42. The van der Waals surface area contributed by atoms with Crippen molar-refractivity contribution in [3.05, 3.63) is 29.8 Å². The second-order valence-corrected chi connectivity index (χ2v) is 5.35. The van der Waals surface area contributed by atoms with Gasteiger partial charge < -0.3 is 10.1 Å². The van der Waals surface area contributed by atoms with Gasteiger partial charge in [0, 0.05) is 18.8 Å². The lowest BCUT2D eigenvalue weighted by molar-refractivity contribution is 0.306. The average Bonchev–Trinajstić information content (AvgIpc) is 2.41. The monoisotopic (exact) mass is 267 g/mol. The molecule has 0 heterocycles. The molecule has 0 radical (unpaired) electrons. The van der Waals surface area contributed by atoms with Gasteiger partial charge in [0.2, 0.25) is 0 Å². The molecular formula is C15H25NOS. The van der Waals surface area contributed by atoms with Gasteiger partial charge in [-0.25, -0.2) is 0 Å². The molecule has 0 amide bonds. The van der Waals surface area contributed by atoms with Crippen molar-refractivity contribution in [2.24, 2.45) is 0 Å². The summed E-state index contributed by atoms with van der Waals surface area (Å²) in [6.07, 6.45) is 5.77. The van der Waals surface area contributed by atoms with E-state index in [0.717, 1.165) is 31.9 Å². The third-order valence-corrected chi connectivity index (χ3v) is 3.36. The second-order valence-electron chi connectivity index (χ2n) is 4.37. The van der Waals surface area contributed by atoms with Crippen LogP contribution >= 0.6 is 11.8 Å². The predicted octanol–water partition coefficient (Wildman–Crippen LogP) is 3.71. The highest BCUT2D eigenvalue weighted by atomic mass is 32.2. The van der Waals surface area contributed by atoms with E-state index in [9.17, 15) is 0 Å². The SMILES string of the molecule is CCCCCOc1ccc(CNCCSC)cc1. The van der Waals surface area contributed by atoms with Gasteiger partial charge in [-0.2, -0.15) is 11.8 Å². The maximum atomic E-state index is 5.68. The van der Waals surface area contributed by atoms with Crippen LogP contribution in [0.1, 0.15) is 31.7 Å². The van der Waals surface area contributed by atoms with Crippen LogP contribution in [-0.2, 0) is 6.54 Å². The van der Waals surface area contributed by atoms with E-state index in [-0.39, 0.29) is 0 Å². The fourth-order valence-corrected chi connectivity index (χ4v) is 2.00. The van der Waals surface area contributed by atoms with Gasteiger partial charge >= 0.3 is 0 Å². The molecule has 0 bridgehead atoms. The number of hydrogen-bond acceptors (Lipinski definition) is 3. The topological polar surface area (TPSA) is 21.3 Å². The van der Waals surface area contributed by atoms with E-state index >= 15 is 0 Å². The maximum absolute atomic E-state index is 5.68. The van der Waals surface area contributed by atoms with E-state index < -0.39 is 0 Å². The van der Waals surface area contributed by atoms with E-state index in [1.807, 2.05) is 11.8 Å². The molecule has 2 nitrogen and oxygen atoms in total. The molecule has 0 aliphatic heterocycles. The number of unbranched alkanes of at least 4 members (excludes halogenated alkanes) is 2. The van der Waals surface area contributed by atoms with Gasteiger partial charge in [-0.3, -0.25) is 0 Å². The summed E-state index contributed by atoms with van der Waals surface area (Å²) in [5.74, 6) is 2.15. The number of rotatable bonds is 10. The molecule has 0 atom stereocenters. The first-order valence-corrected chi connectivity index (χ1v) is 8.17. The van der Waals surface area contributed by atoms with Gasteiger partial charge in [0.1, 0.15) is 5.75 Å². The van der Waals surface area contributed by atoms with Gasteiger partial charge in [0.25, 0.3) is 0 Å². The van der Waals surface area contributed by atoms with Crippen molar-refractivity contribution in [1.82, 2.24) is 5.32 Å². The Morgan fingerprint density at radius 3 is 2.61 bits per heavy atom. The largest absolute Gasteiger partial charge is 0.494 e. The lowest BCUT2D eigenvalue weighted by Crippen LogP contribution is -2.16. The molecule has 0 unspecified atom stereocenters. The molecule has 0 saturated carbocycles. The Labute approximate surface area is 116 Å². The summed E-state index contributed by atoms with van der Waals surface area (Å²) in [6, 6.07) is 8.41. The molecular weight excluding hydrogens is 242 g/mol. The third kappa shape index (κ3) is 6.92. The van der Waals surface area contributed by atoms with Crippen molar-refractivity contribution in [2.75, 3.05) is 25.2 Å². The third-order valence-electron chi connectivity index (χ3n) is 2.75. The van der Waals surface area contributed by atoms with E-state index in [2.05, 4.69) is 42.8 Å². The molecule has 0 aliphatic carbocycles. The highest BCUT2D eigenvalue weighted by Crippen LogP contribution is 2.12. The number of nitrogens with one attached hydrogen (secondary N) is 1. The number of benzene rings is 1. The normalized spacial score (nSPS) is 10.6. The van der Waals surface area contributed by atoms with Crippen molar-refractivity contribution in [3.63, 3.8) is 0 Å². The minimum Gasteiger partial charge on any atom is -0.494 e. The molecule has 0 fully saturated rings. The van der Waals surface area contributed by atoms with Crippen LogP contribution in [0.5, 0.6) is 5.75 Å². The van der Waals surface area contributed by atoms with Crippen molar-refractivity contribution in [3.8, 4) is 5.75 Å². The standard InChI is InChI=1S/C15H25NOS/c1-3-4-5-11-17-15-8-6-14(7-9-15)13-16-10-12-18-2/h6-9,16H,3-5,10-13H2,1-2H3. The molecule has 1 N–H and O–H groups in total. The quantitative estimate of drug-likeness (QED) is 0.653. The Morgan fingerprint density at radius 1 is 1.17 bits per heavy atom. The van der Waals surface area contributed by atoms with E-state index in [1.54, 1.807) is 0 Å². The van der Waals surface area contributed by atoms with E-state index in [0.29, 0.717) is 0 Å². The highest BCUT2D eigenvalue weighted by molar-refractivity contribution is 7.98. The zero-order chi connectivity index (χ0) is 13.1. The van der Waals surface area contributed by atoms with Crippen molar-refractivity contribution in [2.45, 2.75) is 32.7 Å². The predicted molar refractivity (Wildman–Crippen MR) is 81.6 cm³/mol. The van der Waals surface area contributed by atoms with Crippen LogP contribution in [0, 0.1) is 0 Å². The summed E-state index contributed by atoms with van der Waals surface area (Å²) in [7, 11) is 0. The molecule has 0 aliphatic rings. The van der Waals surface area contributed by atoms with Gasteiger partial charge in [0.15, 0.2) is 0 Å². The molecule has 102 valence electrons. The van der Waals surface area contributed by atoms with Crippen LogP contribution in [0.25, 0.3) is 0 Å². The minimum atomic E-state index is 0.832. The van der Waals surface area contributed by atoms with Gasteiger partial charge in [-0.15, -0.1) is 0 Å². The average molecular weight is 267 g/mol. The Balaban J connectivity index is 2.20. The highest BCUT2D eigenvalue weighted by Gasteiger charge is 1.96. The zero-order valence-corrected chi connectivity index (χ0v) is 12.4. The Kier molecular flexibility index (Phi) is 8.78. The smallest absolute Gasteiger partial charge is 0.119 e. The zero-order valence-electron chi connectivity index (χ0n) is 11.6. The van der Waals surface area contributed by atoms with Crippen LogP contribution in [0.15, 0.2) is 24.3 Å². The van der Waals surface area contributed by atoms with Crippen molar-refractivity contribution in [1.29, 1.82) is 0 Å². The fourth-order valence-electron chi connectivity index (χ4n) is 1.65. The summed E-state index contributed by atoms with van der Waals surface area (Å²) in [5.41, 5.74) is 1.32. The molecule has 1 aromatic rings. The first kappa shape index (κ1) is 15.4. The number of hydrogen-bond donors (Lipinski definition) is 1.